The molecule has 1 fully saturated rings. The number of aromatic amines is 1. The second-order valence-corrected chi connectivity index (χ2v) is 6.35. The first-order valence-corrected chi connectivity index (χ1v) is 8.26. The number of pyridine rings is 2. The van der Waals surface area contributed by atoms with Crippen LogP contribution >= 0.6 is 0 Å². The van der Waals surface area contributed by atoms with Gasteiger partial charge in [0.25, 0.3) is 11.5 Å². The van der Waals surface area contributed by atoms with Gasteiger partial charge in [0.15, 0.2) is 0 Å². The molecule has 0 saturated carbocycles. The number of nitrogens with zero attached hydrogens (tertiary/aromatic N) is 2. The fourth-order valence-electron chi connectivity index (χ4n) is 3.21. The Morgan fingerprint density at radius 2 is 2.21 bits per heavy atom. The van der Waals surface area contributed by atoms with Crippen molar-refractivity contribution in [3.05, 3.63) is 52.4 Å². The van der Waals surface area contributed by atoms with E-state index >= 15 is 0 Å². The number of aromatic nitrogens is 2. The highest BCUT2D eigenvalue weighted by Gasteiger charge is 2.30. The van der Waals surface area contributed by atoms with E-state index in [2.05, 4.69) is 16.9 Å². The molecule has 6 heteroatoms. The SMILES string of the molecule is CC1CCN(C(=O)c2ccc(-c3ccccn3)[nH]c2=O)C(CN)C1. The van der Waals surface area contributed by atoms with Crippen LogP contribution in [0, 0.1) is 5.92 Å². The molecule has 1 aliphatic rings. The lowest BCUT2D eigenvalue weighted by Crippen LogP contribution is -2.50. The molecule has 2 atom stereocenters. The molecule has 0 aliphatic carbocycles. The number of piperidine rings is 1. The molecule has 2 unspecified atom stereocenters. The van der Waals surface area contributed by atoms with Crippen molar-refractivity contribution < 1.29 is 4.79 Å². The minimum absolute atomic E-state index is 0.00360. The second kappa shape index (κ2) is 6.97. The number of nitrogens with two attached hydrogens (primary N) is 1. The molecule has 0 aromatic carbocycles. The van der Waals surface area contributed by atoms with Gasteiger partial charge in [-0.3, -0.25) is 14.6 Å². The minimum Gasteiger partial charge on any atom is -0.334 e. The Kier molecular flexibility index (Phi) is 4.76. The zero-order valence-electron chi connectivity index (χ0n) is 13.7. The summed E-state index contributed by atoms with van der Waals surface area (Å²) < 4.78 is 0. The van der Waals surface area contributed by atoms with Crippen LogP contribution in [0.25, 0.3) is 11.4 Å². The van der Waals surface area contributed by atoms with Crippen LogP contribution in [0.4, 0.5) is 0 Å². The van der Waals surface area contributed by atoms with Crippen LogP contribution in [0.1, 0.15) is 30.1 Å². The summed E-state index contributed by atoms with van der Waals surface area (Å²) in [6, 6.07) is 8.77. The van der Waals surface area contributed by atoms with Crippen LogP contribution < -0.4 is 11.3 Å². The number of carbonyl (C=O) groups is 1. The van der Waals surface area contributed by atoms with Gasteiger partial charge in [0.05, 0.1) is 11.4 Å². The summed E-state index contributed by atoms with van der Waals surface area (Å²) in [4.78, 5) is 33.9. The summed E-state index contributed by atoms with van der Waals surface area (Å²) in [5.41, 5.74) is 6.85. The van der Waals surface area contributed by atoms with E-state index in [-0.39, 0.29) is 17.5 Å². The number of hydrogen-bond donors (Lipinski definition) is 2. The van der Waals surface area contributed by atoms with E-state index in [0.29, 0.717) is 30.4 Å². The highest BCUT2D eigenvalue weighted by molar-refractivity contribution is 5.94. The van der Waals surface area contributed by atoms with E-state index in [9.17, 15) is 9.59 Å². The van der Waals surface area contributed by atoms with Crippen molar-refractivity contribution in [1.29, 1.82) is 0 Å². The zero-order chi connectivity index (χ0) is 17.1. The van der Waals surface area contributed by atoms with Gasteiger partial charge in [-0.05, 0) is 43.0 Å². The van der Waals surface area contributed by atoms with Gasteiger partial charge in [-0.2, -0.15) is 0 Å². The zero-order valence-corrected chi connectivity index (χ0v) is 13.7. The smallest absolute Gasteiger partial charge is 0.261 e. The molecule has 2 aromatic rings. The lowest BCUT2D eigenvalue weighted by atomic mass is 9.92. The molecule has 1 amide bonds. The molecule has 2 aromatic heterocycles. The van der Waals surface area contributed by atoms with Crippen LogP contribution in [0.5, 0.6) is 0 Å². The fraction of sp³-hybridized carbons (Fsp3) is 0.389. The third-order valence-electron chi connectivity index (χ3n) is 4.59. The van der Waals surface area contributed by atoms with E-state index in [1.165, 1.54) is 0 Å². The molecule has 1 saturated heterocycles. The minimum atomic E-state index is -0.391. The van der Waals surface area contributed by atoms with Crippen molar-refractivity contribution in [2.45, 2.75) is 25.8 Å². The fourth-order valence-corrected chi connectivity index (χ4v) is 3.21. The molecular formula is C18H22N4O2. The van der Waals surface area contributed by atoms with Crippen LogP contribution in [-0.4, -0.2) is 39.9 Å². The van der Waals surface area contributed by atoms with Gasteiger partial charge in [0.2, 0.25) is 0 Å². The number of rotatable bonds is 3. The highest BCUT2D eigenvalue weighted by Crippen LogP contribution is 2.23. The van der Waals surface area contributed by atoms with Gasteiger partial charge in [-0.15, -0.1) is 0 Å². The molecule has 24 heavy (non-hydrogen) atoms. The summed E-state index contributed by atoms with van der Waals surface area (Å²) >= 11 is 0. The van der Waals surface area contributed by atoms with E-state index in [4.69, 9.17) is 5.73 Å². The Morgan fingerprint density at radius 1 is 1.38 bits per heavy atom. The molecule has 1 aliphatic heterocycles. The highest BCUT2D eigenvalue weighted by atomic mass is 16.2. The summed E-state index contributed by atoms with van der Waals surface area (Å²) in [5.74, 6) is 0.304. The maximum Gasteiger partial charge on any atom is 0.261 e. The average molecular weight is 326 g/mol. The lowest BCUT2D eigenvalue weighted by Gasteiger charge is -2.37. The standard InChI is InChI=1S/C18H22N4O2/c1-12-7-9-22(13(10-12)11-19)18(24)14-5-6-16(21-17(14)23)15-4-2-3-8-20-15/h2-6,8,12-13H,7,9-11,19H2,1H3,(H,21,23). The summed E-state index contributed by atoms with van der Waals surface area (Å²) in [6.07, 6.45) is 3.48. The monoisotopic (exact) mass is 326 g/mol. The van der Waals surface area contributed by atoms with Gasteiger partial charge >= 0.3 is 0 Å². The number of likely N-dealkylation sites (tertiary alicyclic amines) is 1. The Morgan fingerprint density at radius 3 is 2.88 bits per heavy atom. The Hall–Kier alpha value is -2.47. The molecule has 0 bridgehead atoms. The predicted octanol–water partition coefficient (Wildman–Crippen LogP) is 1.64. The number of amides is 1. The van der Waals surface area contributed by atoms with Gasteiger partial charge in [0, 0.05) is 25.3 Å². The Bertz CT molecular complexity index is 772. The van der Waals surface area contributed by atoms with Crippen molar-refractivity contribution in [3.8, 4) is 11.4 Å². The Labute approximate surface area is 140 Å². The average Bonchev–Trinajstić information content (AvgIpc) is 2.61. The van der Waals surface area contributed by atoms with Gasteiger partial charge in [0.1, 0.15) is 5.56 Å². The number of carbonyl (C=O) groups excluding carboxylic acids is 1. The summed E-state index contributed by atoms with van der Waals surface area (Å²) in [6.45, 7) is 3.22. The first-order valence-electron chi connectivity index (χ1n) is 8.26. The summed E-state index contributed by atoms with van der Waals surface area (Å²) in [5, 5.41) is 0. The van der Waals surface area contributed by atoms with E-state index < -0.39 is 5.56 Å². The quantitative estimate of drug-likeness (QED) is 0.897. The molecule has 6 nitrogen and oxygen atoms in total. The van der Waals surface area contributed by atoms with Gasteiger partial charge in [-0.25, -0.2) is 0 Å². The molecule has 126 valence electrons. The first kappa shape index (κ1) is 16.4. The third kappa shape index (κ3) is 3.23. The predicted molar refractivity (Wildman–Crippen MR) is 92.6 cm³/mol. The van der Waals surface area contributed by atoms with Crippen molar-refractivity contribution >= 4 is 5.91 Å². The van der Waals surface area contributed by atoms with Crippen LogP contribution in [0.3, 0.4) is 0 Å². The normalized spacial score (nSPS) is 20.8. The topological polar surface area (TPSA) is 92.1 Å². The molecular weight excluding hydrogens is 304 g/mol. The lowest BCUT2D eigenvalue weighted by molar-refractivity contribution is 0.0572. The molecule has 3 heterocycles. The number of nitrogens with one attached hydrogen (secondary N) is 1. The molecule has 0 radical (unpaired) electrons. The largest absolute Gasteiger partial charge is 0.334 e. The number of hydrogen-bond acceptors (Lipinski definition) is 4. The third-order valence-corrected chi connectivity index (χ3v) is 4.59. The molecule has 3 N–H and O–H groups in total. The second-order valence-electron chi connectivity index (χ2n) is 6.35. The van der Waals surface area contributed by atoms with Crippen molar-refractivity contribution in [1.82, 2.24) is 14.9 Å². The molecule has 3 rings (SSSR count). The van der Waals surface area contributed by atoms with Gasteiger partial charge in [-0.1, -0.05) is 13.0 Å². The van der Waals surface area contributed by atoms with Gasteiger partial charge < -0.3 is 15.6 Å². The van der Waals surface area contributed by atoms with E-state index in [1.807, 2.05) is 18.2 Å². The summed E-state index contributed by atoms with van der Waals surface area (Å²) in [7, 11) is 0. The van der Waals surface area contributed by atoms with Crippen molar-refractivity contribution in [3.63, 3.8) is 0 Å². The van der Waals surface area contributed by atoms with E-state index in [0.717, 1.165) is 12.8 Å². The van der Waals surface area contributed by atoms with Crippen LogP contribution in [0.2, 0.25) is 0 Å². The maximum absolute atomic E-state index is 12.8. The van der Waals surface area contributed by atoms with E-state index in [1.54, 1.807) is 23.2 Å². The molecule has 0 spiro atoms. The maximum atomic E-state index is 12.8. The Balaban J connectivity index is 1.87. The number of H-pyrrole nitrogens is 1. The van der Waals surface area contributed by atoms with Crippen LogP contribution in [0.15, 0.2) is 41.3 Å². The van der Waals surface area contributed by atoms with Crippen molar-refractivity contribution in [2.24, 2.45) is 11.7 Å². The van der Waals surface area contributed by atoms with Crippen LogP contribution in [-0.2, 0) is 0 Å². The first-order chi connectivity index (χ1) is 11.6. The van der Waals surface area contributed by atoms with Crippen molar-refractivity contribution in [2.75, 3.05) is 13.1 Å².